The monoisotopic (exact) mass is 264 g/mol. The summed E-state index contributed by atoms with van der Waals surface area (Å²) in [7, 11) is 2.14. The number of rotatable bonds is 4. The zero-order valence-electron chi connectivity index (χ0n) is 10.9. The summed E-state index contributed by atoms with van der Waals surface area (Å²) in [5.41, 5.74) is 7.83. The Hall–Kier alpha value is -0.970. The molecule has 0 saturated carbocycles. The summed E-state index contributed by atoms with van der Waals surface area (Å²) >= 11 is 5.01. The first-order valence-corrected chi connectivity index (χ1v) is 6.69. The third-order valence-electron chi connectivity index (χ3n) is 3.55. The fraction of sp³-hybridized carbons (Fsp3) is 0.500. The molecule has 2 unspecified atom stereocenters. The molecule has 4 heteroatoms. The highest BCUT2D eigenvalue weighted by atomic mass is 32.1. The van der Waals surface area contributed by atoms with Crippen molar-refractivity contribution in [3.05, 3.63) is 35.4 Å². The normalized spacial score (nSPS) is 23.5. The topological polar surface area (TPSA) is 38.5 Å². The van der Waals surface area contributed by atoms with Gasteiger partial charge in [0.2, 0.25) is 0 Å². The molecule has 0 amide bonds. The standard InChI is InChI=1S/C14H20N2OS/c1-10-13(6-7-17-10)16(2)9-11-4-3-5-12(8-11)14(15)18/h3-5,8,10,13H,6-7,9H2,1-2H3,(H2,15,18). The number of thiocarbonyl (C=S) groups is 1. The van der Waals surface area contributed by atoms with Crippen LogP contribution in [0.4, 0.5) is 0 Å². The Kier molecular flexibility index (Phi) is 4.32. The molecule has 2 atom stereocenters. The van der Waals surface area contributed by atoms with Crippen LogP contribution in [-0.4, -0.2) is 35.7 Å². The molecule has 0 bridgehead atoms. The van der Waals surface area contributed by atoms with Crippen LogP contribution < -0.4 is 5.73 Å². The van der Waals surface area contributed by atoms with Crippen LogP contribution >= 0.6 is 12.2 Å². The van der Waals surface area contributed by atoms with Crippen LogP contribution in [0, 0.1) is 0 Å². The van der Waals surface area contributed by atoms with Crippen LogP contribution in [-0.2, 0) is 11.3 Å². The molecule has 1 heterocycles. The average molecular weight is 264 g/mol. The van der Waals surface area contributed by atoms with Gasteiger partial charge >= 0.3 is 0 Å². The quantitative estimate of drug-likeness (QED) is 0.843. The Balaban J connectivity index is 2.04. The van der Waals surface area contributed by atoms with Crippen molar-refractivity contribution in [3.63, 3.8) is 0 Å². The second kappa shape index (κ2) is 5.78. The smallest absolute Gasteiger partial charge is 0.103 e. The lowest BCUT2D eigenvalue weighted by molar-refractivity contribution is 0.0814. The first-order chi connectivity index (χ1) is 8.58. The van der Waals surface area contributed by atoms with Crippen LogP contribution in [0.25, 0.3) is 0 Å². The first kappa shape index (κ1) is 13.5. The minimum atomic E-state index is 0.314. The number of nitrogens with two attached hydrogens (primary N) is 1. The number of nitrogens with zero attached hydrogens (tertiary/aromatic N) is 1. The summed E-state index contributed by atoms with van der Waals surface area (Å²) in [5, 5.41) is 0. The second-order valence-electron chi connectivity index (χ2n) is 4.91. The Morgan fingerprint density at radius 2 is 2.33 bits per heavy atom. The van der Waals surface area contributed by atoms with E-state index in [1.807, 2.05) is 12.1 Å². The lowest BCUT2D eigenvalue weighted by atomic mass is 10.1. The van der Waals surface area contributed by atoms with Gasteiger partial charge in [-0.05, 0) is 32.0 Å². The SMILES string of the molecule is CC1OCCC1N(C)Cc1cccc(C(N)=S)c1. The van der Waals surface area contributed by atoms with Crippen molar-refractivity contribution in [2.24, 2.45) is 5.73 Å². The van der Waals surface area contributed by atoms with Crippen molar-refractivity contribution in [3.8, 4) is 0 Å². The van der Waals surface area contributed by atoms with Crippen LogP contribution in [0.2, 0.25) is 0 Å². The fourth-order valence-corrected chi connectivity index (χ4v) is 2.65. The molecule has 0 radical (unpaired) electrons. The zero-order chi connectivity index (χ0) is 13.1. The van der Waals surface area contributed by atoms with Crippen molar-refractivity contribution < 1.29 is 4.74 Å². The molecular formula is C14H20N2OS. The van der Waals surface area contributed by atoms with Crippen molar-refractivity contribution in [1.82, 2.24) is 4.90 Å². The number of benzene rings is 1. The molecule has 2 rings (SSSR count). The maximum Gasteiger partial charge on any atom is 0.103 e. The maximum atomic E-state index is 5.66. The van der Waals surface area contributed by atoms with Crippen molar-refractivity contribution in [2.75, 3.05) is 13.7 Å². The maximum absolute atomic E-state index is 5.66. The molecular weight excluding hydrogens is 244 g/mol. The minimum absolute atomic E-state index is 0.314. The van der Waals surface area contributed by atoms with Gasteiger partial charge in [-0.15, -0.1) is 0 Å². The average Bonchev–Trinajstić information content (AvgIpc) is 2.76. The molecule has 1 aromatic rings. The Labute approximate surface area is 114 Å². The largest absolute Gasteiger partial charge is 0.389 e. The molecule has 0 aromatic heterocycles. The van der Waals surface area contributed by atoms with E-state index in [2.05, 4.69) is 31.0 Å². The van der Waals surface area contributed by atoms with E-state index < -0.39 is 0 Å². The molecule has 1 aliphatic rings. The fourth-order valence-electron chi connectivity index (χ4n) is 2.53. The van der Waals surface area contributed by atoms with E-state index in [4.69, 9.17) is 22.7 Å². The summed E-state index contributed by atoms with van der Waals surface area (Å²) < 4.78 is 5.60. The predicted octanol–water partition coefficient (Wildman–Crippen LogP) is 1.93. The van der Waals surface area contributed by atoms with Gasteiger partial charge in [0.05, 0.1) is 6.10 Å². The molecule has 3 nitrogen and oxygen atoms in total. The lowest BCUT2D eigenvalue weighted by Crippen LogP contribution is -2.36. The molecule has 98 valence electrons. The molecule has 1 aliphatic heterocycles. The van der Waals surface area contributed by atoms with E-state index in [9.17, 15) is 0 Å². The highest BCUT2D eigenvalue weighted by Crippen LogP contribution is 2.20. The molecule has 0 spiro atoms. The van der Waals surface area contributed by atoms with E-state index in [0.717, 1.165) is 25.1 Å². The van der Waals surface area contributed by atoms with E-state index >= 15 is 0 Å². The highest BCUT2D eigenvalue weighted by Gasteiger charge is 2.27. The molecule has 0 aliphatic carbocycles. The van der Waals surface area contributed by atoms with E-state index in [1.54, 1.807) is 0 Å². The van der Waals surface area contributed by atoms with E-state index in [1.165, 1.54) is 5.56 Å². The summed E-state index contributed by atoms with van der Waals surface area (Å²) in [6, 6.07) is 8.63. The molecule has 2 N–H and O–H groups in total. The van der Waals surface area contributed by atoms with Gasteiger partial charge in [0.15, 0.2) is 0 Å². The summed E-state index contributed by atoms with van der Waals surface area (Å²) in [6.45, 7) is 3.90. The van der Waals surface area contributed by atoms with Crippen molar-refractivity contribution in [1.29, 1.82) is 0 Å². The van der Waals surface area contributed by atoms with Crippen LogP contribution in [0.3, 0.4) is 0 Å². The number of ether oxygens (including phenoxy) is 1. The van der Waals surface area contributed by atoms with E-state index in [-0.39, 0.29) is 0 Å². The Morgan fingerprint density at radius 1 is 1.56 bits per heavy atom. The third-order valence-corrected chi connectivity index (χ3v) is 3.78. The predicted molar refractivity (Wildman–Crippen MR) is 77.6 cm³/mol. The second-order valence-corrected chi connectivity index (χ2v) is 5.35. The van der Waals surface area contributed by atoms with Crippen molar-refractivity contribution in [2.45, 2.75) is 32.0 Å². The molecule has 1 saturated heterocycles. The van der Waals surface area contributed by atoms with Gasteiger partial charge in [-0.2, -0.15) is 0 Å². The number of likely N-dealkylation sites (N-methyl/N-ethyl adjacent to an activating group) is 1. The zero-order valence-corrected chi connectivity index (χ0v) is 11.7. The van der Waals surface area contributed by atoms with Crippen molar-refractivity contribution >= 4 is 17.2 Å². The lowest BCUT2D eigenvalue weighted by Gasteiger charge is -2.26. The third kappa shape index (κ3) is 3.07. The van der Waals surface area contributed by atoms with Gasteiger partial charge in [-0.3, -0.25) is 4.90 Å². The van der Waals surface area contributed by atoms with E-state index in [0.29, 0.717) is 17.1 Å². The van der Waals surface area contributed by atoms with Crippen LogP contribution in [0.15, 0.2) is 24.3 Å². The summed E-state index contributed by atoms with van der Waals surface area (Å²) in [6.07, 6.45) is 1.42. The Morgan fingerprint density at radius 3 is 2.94 bits per heavy atom. The van der Waals surface area contributed by atoms with Crippen LogP contribution in [0.1, 0.15) is 24.5 Å². The van der Waals surface area contributed by atoms with Gasteiger partial charge < -0.3 is 10.5 Å². The minimum Gasteiger partial charge on any atom is -0.389 e. The first-order valence-electron chi connectivity index (χ1n) is 6.28. The van der Waals surface area contributed by atoms with Gasteiger partial charge in [0, 0.05) is 24.8 Å². The van der Waals surface area contributed by atoms with Gasteiger partial charge in [0.1, 0.15) is 4.99 Å². The number of hydrogen-bond donors (Lipinski definition) is 1. The van der Waals surface area contributed by atoms with Gasteiger partial charge in [0.25, 0.3) is 0 Å². The highest BCUT2D eigenvalue weighted by molar-refractivity contribution is 7.80. The number of hydrogen-bond acceptors (Lipinski definition) is 3. The van der Waals surface area contributed by atoms with Crippen LogP contribution in [0.5, 0.6) is 0 Å². The molecule has 1 fully saturated rings. The molecule has 18 heavy (non-hydrogen) atoms. The van der Waals surface area contributed by atoms with Gasteiger partial charge in [-0.1, -0.05) is 30.4 Å². The Bertz CT molecular complexity index is 436. The molecule has 1 aromatic carbocycles. The summed E-state index contributed by atoms with van der Waals surface area (Å²) in [4.78, 5) is 2.80. The van der Waals surface area contributed by atoms with Gasteiger partial charge in [-0.25, -0.2) is 0 Å². The summed E-state index contributed by atoms with van der Waals surface area (Å²) in [5.74, 6) is 0.